The molecule has 0 atom stereocenters. The van der Waals surface area contributed by atoms with Gasteiger partial charge >= 0.3 is 6.18 Å². The topological polar surface area (TPSA) is 58.1 Å². The maximum atomic E-state index is 14.8. The van der Waals surface area contributed by atoms with Gasteiger partial charge in [-0.25, -0.2) is 14.4 Å². The van der Waals surface area contributed by atoms with E-state index in [1.54, 1.807) is 12.1 Å². The van der Waals surface area contributed by atoms with Gasteiger partial charge in [0.25, 0.3) is 5.91 Å². The van der Waals surface area contributed by atoms with Crippen molar-refractivity contribution < 1.29 is 22.4 Å². The van der Waals surface area contributed by atoms with Crippen LogP contribution in [-0.2, 0) is 19.3 Å². The number of carbonyl (C=O) groups excluding carboxylic acids is 1. The van der Waals surface area contributed by atoms with Gasteiger partial charge in [0.1, 0.15) is 18.0 Å². The van der Waals surface area contributed by atoms with Crippen molar-refractivity contribution in [2.75, 3.05) is 12.4 Å². The van der Waals surface area contributed by atoms with Gasteiger partial charge < -0.3 is 10.2 Å². The van der Waals surface area contributed by atoms with Crippen LogP contribution >= 0.6 is 0 Å². The number of anilines is 1. The molecule has 0 spiro atoms. The summed E-state index contributed by atoms with van der Waals surface area (Å²) in [6.07, 6.45) is -3.08. The Morgan fingerprint density at radius 2 is 1.62 bits per heavy atom. The third-order valence-corrected chi connectivity index (χ3v) is 6.51. The quantitative estimate of drug-likeness (QED) is 0.218. The Balaban J connectivity index is 1.39. The van der Waals surface area contributed by atoms with E-state index in [9.17, 15) is 22.4 Å². The van der Waals surface area contributed by atoms with Crippen molar-refractivity contribution in [1.82, 2.24) is 14.9 Å². The number of hydrogen-bond donors (Lipinski definition) is 1. The van der Waals surface area contributed by atoms with Crippen LogP contribution in [0.15, 0.2) is 97.3 Å². The van der Waals surface area contributed by atoms with Crippen molar-refractivity contribution in [2.45, 2.75) is 19.3 Å². The number of fused-ring (bicyclic) bond motifs is 1. The van der Waals surface area contributed by atoms with Crippen molar-refractivity contribution >= 4 is 22.6 Å². The number of carbonyl (C=O) groups is 1. The molecule has 5 rings (SSSR count). The molecule has 202 valence electrons. The lowest BCUT2D eigenvalue weighted by molar-refractivity contribution is -0.137. The Morgan fingerprint density at radius 3 is 2.40 bits per heavy atom. The van der Waals surface area contributed by atoms with Gasteiger partial charge in [0.15, 0.2) is 0 Å². The number of halogens is 4. The largest absolute Gasteiger partial charge is 0.416 e. The molecule has 9 heteroatoms. The highest BCUT2D eigenvalue weighted by atomic mass is 19.4. The molecule has 5 nitrogen and oxygen atoms in total. The zero-order valence-corrected chi connectivity index (χ0v) is 21.4. The Hall–Kier alpha value is -4.79. The van der Waals surface area contributed by atoms with Crippen LogP contribution in [0, 0.1) is 5.82 Å². The third-order valence-electron chi connectivity index (χ3n) is 6.51. The summed E-state index contributed by atoms with van der Waals surface area (Å²) in [6, 6.07) is 24.3. The molecule has 1 amide bonds. The van der Waals surface area contributed by atoms with E-state index in [0.29, 0.717) is 17.9 Å². The average Bonchev–Trinajstić information content (AvgIpc) is 2.96. The van der Waals surface area contributed by atoms with E-state index in [-0.39, 0.29) is 17.7 Å². The molecule has 0 aliphatic carbocycles. The van der Waals surface area contributed by atoms with Crippen molar-refractivity contribution in [1.29, 1.82) is 0 Å². The van der Waals surface area contributed by atoms with Crippen LogP contribution in [0.5, 0.6) is 0 Å². The number of alkyl halides is 3. The first-order valence-electron chi connectivity index (χ1n) is 12.4. The van der Waals surface area contributed by atoms with E-state index in [2.05, 4.69) is 15.3 Å². The van der Waals surface area contributed by atoms with Gasteiger partial charge in [-0.05, 0) is 59.2 Å². The van der Waals surface area contributed by atoms with Crippen LogP contribution in [0.25, 0.3) is 22.0 Å². The number of aromatic nitrogens is 2. The van der Waals surface area contributed by atoms with E-state index < -0.39 is 23.5 Å². The van der Waals surface area contributed by atoms with Crippen LogP contribution in [0.4, 0.5) is 23.4 Å². The fourth-order valence-electron chi connectivity index (χ4n) is 4.41. The summed E-state index contributed by atoms with van der Waals surface area (Å²) in [4.78, 5) is 22.8. The van der Waals surface area contributed by atoms with Crippen LogP contribution in [0.1, 0.15) is 27.0 Å². The fraction of sp³-hybridized carbons (Fsp3) is 0.129. The summed E-state index contributed by atoms with van der Waals surface area (Å²) in [5, 5.41) is 4.14. The van der Waals surface area contributed by atoms with Gasteiger partial charge in [-0.15, -0.1) is 0 Å². The normalized spacial score (nSPS) is 11.4. The second kappa shape index (κ2) is 11.1. The Labute approximate surface area is 228 Å². The zero-order valence-electron chi connectivity index (χ0n) is 21.4. The van der Waals surface area contributed by atoms with Gasteiger partial charge in [-0.3, -0.25) is 4.79 Å². The lowest BCUT2D eigenvalue weighted by atomic mass is 10.0. The molecular formula is C31H24F4N4O. The van der Waals surface area contributed by atoms with Crippen LogP contribution in [0.2, 0.25) is 0 Å². The standard InChI is InChI=1S/C31H24F4N4O/c1-39(30(40)23-8-5-9-25(15-23)31(33,34)35)18-24-14-21(10-12-27(24)32)22-11-13-28-26(16-22)29(38-19-37-28)36-17-20-6-3-2-4-7-20/h2-16,19H,17-18H2,1H3,(H,36,37,38). The highest BCUT2D eigenvalue weighted by molar-refractivity contribution is 5.94. The van der Waals surface area contributed by atoms with Gasteiger partial charge in [0.05, 0.1) is 11.1 Å². The molecule has 4 aromatic carbocycles. The molecule has 0 fully saturated rings. The van der Waals surface area contributed by atoms with Gasteiger partial charge in [-0.2, -0.15) is 13.2 Å². The first kappa shape index (κ1) is 26.8. The number of benzene rings is 4. The predicted octanol–water partition coefficient (Wildman–Crippen LogP) is 7.34. The summed E-state index contributed by atoms with van der Waals surface area (Å²) in [6.45, 7) is 0.444. The van der Waals surface area contributed by atoms with E-state index in [4.69, 9.17) is 0 Å². The SMILES string of the molecule is CN(Cc1cc(-c2ccc3ncnc(NCc4ccccc4)c3c2)ccc1F)C(=O)c1cccc(C(F)(F)F)c1. The minimum atomic E-state index is -4.57. The predicted molar refractivity (Wildman–Crippen MR) is 146 cm³/mol. The molecule has 0 aliphatic heterocycles. The van der Waals surface area contributed by atoms with Gasteiger partial charge in [0.2, 0.25) is 0 Å². The van der Waals surface area contributed by atoms with Crippen LogP contribution in [0.3, 0.4) is 0 Å². The molecule has 0 unspecified atom stereocenters. The zero-order chi connectivity index (χ0) is 28.3. The smallest absolute Gasteiger partial charge is 0.365 e. The maximum Gasteiger partial charge on any atom is 0.416 e. The van der Waals surface area contributed by atoms with Crippen LogP contribution < -0.4 is 5.32 Å². The minimum Gasteiger partial charge on any atom is -0.365 e. The lowest BCUT2D eigenvalue weighted by Crippen LogP contribution is -2.27. The first-order chi connectivity index (χ1) is 19.2. The minimum absolute atomic E-state index is 0.126. The summed E-state index contributed by atoms with van der Waals surface area (Å²) in [5.74, 6) is -0.515. The first-order valence-corrected chi connectivity index (χ1v) is 12.4. The number of hydrogen-bond acceptors (Lipinski definition) is 4. The second-order valence-corrected chi connectivity index (χ2v) is 9.34. The number of rotatable bonds is 7. The molecule has 1 N–H and O–H groups in total. The summed E-state index contributed by atoms with van der Waals surface area (Å²) < 4.78 is 54.1. The van der Waals surface area contributed by atoms with E-state index in [1.165, 1.54) is 36.5 Å². The maximum absolute atomic E-state index is 14.8. The molecule has 1 heterocycles. The van der Waals surface area contributed by atoms with E-state index in [0.717, 1.165) is 34.2 Å². The molecule has 1 aromatic heterocycles. The molecule has 40 heavy (non-hydrogen) atoms. The average molecular weight is 545 g/mol. The highest BCUT2D eigenvalue weighted by Crippen LogP contribution is 2.31. The van der Waals surface area contributed by atoms with Crippen molar-refractivity contribution in [3.63, 3.8) is 0 Å². The Morgan fingerprint density at radius 1 is 0.875 bits per heavy atom. The monoisotopic (exact) mass is 544 g/mol. The van der Waals surface area contributed by atoms with Crippen molar-refractivity contribution in [3.8, 4) is 11.1 Å². The third kappa shape index (κ3) is 5.93. The summed E-state index contributed by atoms with van der Waals surface area (Å²) in [5.41, 5.74) is 2.51. The number of nitrogens with one attached hydrogen (secondary N) is 1. The molecule has 0 bridgehead atoms. The number of amides is 1. The van der Waals surface area contributed by atoms with E-state index >= 15 is 0 Å². The van der Waals surface area contributed by atoms with Crippen molar-refractivity contribution in [3.05, 3.63) is 125 Å². The molecule has 0 radical (unpaired) electrons. The Bertz CT molecular complexity index is 1670. The number of nitrogens with zero attached hydrogens (tertiary/aromatic N) is 3. The summed E-state index contributed by atoms with van der Waals surface area (Å²) in [7, 11) is 1.42. The molecule has 0 saturated heterocycles. The lowest BCUT2D eigenvalue weighted by Gasteiger charge is -2.19. The van der Waals surface area contributed by atoms with Crippen LogP contribution in [-0.4, -0.2) is 27.8 Å². The van der Waals surface area contributed by atoms with Gasteiger partial charge in [0, 0.05) is 36.7 Å². The second-order valence-electron chi connectivity index (χ2n) is 9.34. The molecule has 0 saturated carbocycles. The molecule has 0 aliphatic rings. The van der Waals surface area contributed by atoms with E-state index in [1.807, 2.05) is 48.5 Å². The molecular weight excluding hydrogens is 520 g/mol. The van der Waals surface area contributed by atoms with Gasteiger partial charge in [-0.1, -0.05) is 48.5 Å². The Kier molecular flexibility index (Phi) is 7.46. The highest BCUT2D eigenvalue weighted by Gasteiger charge is 2.31. The molecule has 5 aromatic rings. The van der Waals surface area contributed by atoms with Crippen molar-refractivity contribution in [2.24, 2.45) is 0 Å². The summed E-state index contributed by atoms with van der Waals surface area (Å²) >= 11 is 0. The fourth-order valence-corrected chi connectivity index (χ4v) is 4.41.